The second-order valence-corrected chi connectivity index (χ2v) is 6.09. The molecule has 0 saturated carbocycles. The summed E-state index contributed by atoms with van der Waals surface area (Å²) in [7, 11) is 0. The molecule has 1 aromatic rings. The van der Waals surface area contributed by atoms with Crippen LogP contribution in [0.5, 0.6) is 5.75 Å². The van der Waals surface area contributed by atoms with Crippen molar-refractivity contribution < 1.29 is 18.7 Å². The lowest BCUT2D eigenvalue weighted by Crippen LogP contribution is -2.40. The smallest absolute Gasteiger partial charge is 0.413 e. The SMILES string of the molecule is CC(C)(C)OC(=O)N1COc2c(ccc(F)c2Br)C1. The molecule has 0 N–H and O–H groups in total. The molecular weight excluding hydrogens is 317 g/mol. The van der Waals surface area contributed by atoms with Crippen molar-refractivity contribution in [3.8, 4) is 5.75 Å². The van der Waals surface area contributed by atoms with Crippen molar-refractivity contribution in [2.45, 2.75) is 32.9 Å². The number of fused-ring (bicyclic) bond motifs is 1. The van der Waals surface area contributed by atoms with E-state index in [4.69, 9.17) is 9.47 Å². The molecule has 0 saturated heterocycles. The van der Waals surface area contributed by atoms with Gasteiger partial charge in [-0.25, -0.2) is 9.18 Å². The second-order valence-electron chi connectivity index (χ2n) is 5.30. The monoisotopic (exact) mass is 331 g/mol. The fraction of sp³-hybridized carbons (Fsp3) is 0.462. The molecule has 0 fully saturated rings. The summed E-state index contributed by atoms with van der Waals surface area (Å²) in [5, 5.41) is 0. The van der Waals surface area contributed by atoms with Gasteiger partial charge < -0.3 is 9.47 Å². The van der Waals surface area contributed by atoms with E-state index in [-0.39, 0.29) is 17.0 Å². The van der Waals surface area contributed by atoms with Crippen LogP contribution in [0, 0.1) is 5.82 Å². The summed E-state index contributed by atoms with van der Waals surface area (Å²) in [6.07, 6.45) is -0.446. The number of halogens is 2. The van der Waals surface area contributed by atoms with Crippen LogP contribution >= 0.6 is 15.9 Å². The Morgan fingerprint density at radius 3 is 2.79 bits per heavy atom. The Morgan fingerprint density at radius 2 is 2.16 bits per heavy atom. The van der Waals surface area contributed by atoms with Gasteiger partial charge in [0.1, 0.15) is 17.2 Å². The van der Waals surface area contributed by atoms with Crippen LogP contribution in [0.25, 0.3) is 0 Å². The number of rotatable bonds is 0. The summed E-state index contributed by atoms with van der Waals surface area (Å²) in [6, 6.07) is 2.94. The number of hydrogen-bond acceptors (Lipinski definition) is 3. The van der Waals surface area contributed by atoms with Gasteiger partial charge >= 0.3 is 6.09 Å². The van der Waals surface area contributed by atoms with Gasteiger partial charge in [0.05, 0.1) is 11.0 Å². The molecule has 1 amide bonds. The summed E-state index contributed by atoms with van der Waals surface area (Å²) in [6.45, 7) is 5.79. The molecule has 1 aromatic carbocycles. The maximum absolute atomic E-state index is 13.4. The van der Waals surface area contributed by atoms with Crippen LogP contribution in [0.1, 0.15) is 26.3 Å². The van der Waals surface area contributed by atoms with E-state index in [1.54, 1.807) is 26.8 Å². The Balaban J connectivity index is 2.15. The van der Waals surface area contributed by atoms with E-state index < -0.39 is 11.7 Å². The molecular formula is C13H15BrFNO3. The molecule has 1 aliphatic rings. The van der Waals surface area contributed by atoms with E-state index in [1.165, 1.54) is 11.0 Å². The highest BCUT2D eigenvalue weighted by molar-refractivity contribution is 9.10. The first kappa shape index (κ1) is 14.1. The molecule has 0 atom stereocenters. The lowest BCUT2D eigenvalue weighted by Gasteiger charge is -2.31. The highest BCUT2D eigenvalue weighted by Crippen LogP contribution is 2.35. The van der Waals surface area contributed by atoms with Gasteiger partial charge in [-0.1, -0.05) is 6.07 Å². The van der Waals surface area contributed by atoms with E-state index in [9.17, 15) is 9.18 Å². The summed E-state index contributed by atoms with van der Waals surface area (Å²) < 4.78 is 24.3. The molecule has 0 unspecified atom stereocenters. The Labute approximate surface area is 119 Å². The van der Waals surface area contributed by atoms with Crippen molar-refractivity contribution in [2.24, 2.45) is 0 Å². The quantitative estimate of drug-likeness (QED) is 0.728. The van der Waals surface area contributed by atoms with Gasteiger partial charge in [0, 0.05) is 5.56 Å². The number of ether oxygens (including phenoxy) is 2. The molecule has 6 heteroatoms. The van der Waals surface area contributed by atoms with Crippen LogP contribution in [0.3, 0.4) is 0 Å². The molecule has 104 valence electrons. The molecule has 0 aliphatic carbocycles. The third-order valence-corrected chi connectivity index (χ3v) is 3.25. The standard InChI is InChI=1S/C13H15BrFNO3/c1-13(2,3)19-12(17)16-6-8-4-5-9(15)10(14)11(8)18-7-16/h4-5H,6-7H2,1-3H3. The molecule has 0 bridgehead atoms. The Hall–Kier alpha value is -1.30. The normalized spacial score (nSPS) is 14.7. The first-order valence-corrected chi connectivity index (χ1v) is 6.65. The van der Waals surface area contributed by atoms with Crippen LogP contribution in [0.4, 0.5) is 9.18 Å². The third-order valence-electron chi connectivity index (χ3n) is 2.51. The maximum Gasteiger partial charge on any atom is 0.413 e. The Morgan fingerprint density at radius 1 is 1.47 bits per heavy atom. The van der Waals surface area contributed by atoms with Gasteiger partial charge in [0.25, 0.3) is 0 Å². The van der Waals surface area contributed by atoms with Crippen LogP contribution in [-0.2, 0) is 11.3 Å². The van der Waals surface area contributed by atoms with E-state index in [1.807, 2.05) is 0 Å². The average molecular weight is 332 g/mol. The fourth-order valence-electron chi connectivity index (χ4n) is 1.69. The van der Waals surface area contributed by atoms with Crippen LogP contribution in [0.2, 0.25) is 0 Å². The molecule has 1 heterocycles. The number of carbonyl (C=O) groups is 1. The first-order chi connectivity index (χ1) is 8.78. The van der Waals surface area contributed by atoms with Crippen molar-refractivity contribution in [1.29, 1.82) is 0 Å². The van der Waals surface area contributed by atoms with Gasteiger partial charge in [-0.15, -0.1) is 0 Å². The van der Waals surface area contributed by atoms with Crippen molar-refractivity contribution in [2.75, 3.05) is 6.73 Å². The number of nitrogens with zero attached hydrogens (tertiary/aromatic N) is 1. The lowest BCUT2D eigenvalue weighted by atomic mass is 10.1. The summed E-state index contributed by atoms with van der Waals surface area (Å²) in [5.41, 5.74) is 0.186. The summed E-state index contributed by atoms with van der Waals surface area (Å²) in [4.78, 5) is 13.3. The second kappa shape index (κ2) is 5.00. The highest BCUT2D eigenvalue weighted by atomic mass is 79.9. The molecule has 0 aromatic heterocycles. The van der Waals surface area contributed by atoms with E-state index in [2.05, 4.69) is 15.9 Å². The molecule has 2 rings (SSSR count). The van der Waals surface area contributed by atoms with Gasteiger partial charge in [-0.2, -0.15) is 0 Å². The largest absolute Gasteiger partial charge is 0.471 e. The van der Waals surface area contributed by atoms with E-state index in [0.717, 1.165) is 5.56 Å². The van der Waals surface area contributed by atoms with Gasteiger partial charge in [-0.05, 0) is 42.8 Å². The summed E-state index contributed by atoms with van der Waals surface area (Å²) >= 11 is 3.14. The topological polar surface area (TPSA) is 38.8 Å². The predicted molar refractivity (Wildman–Crippen MR) is 71.4 cm³/mol. The zero-order valence-corrected chi connectivity index (χ0v) is 12.6. The van der Waals surface area contributed by atoms with Gasteiger partial charge in [-0.3, -0.25) is 4.90 Å². The zero-order chi connectivity index (χ0) is 14.2. The van der Waals surface area contributed by atoms with Crippen molar-refractivity contribution in [3.05, 3.63) is 28.0 Å². The zero-order valence-electron chi connectivity index (χ0n) is 11.0. The number of hydrogen-bond donors (Lipinski definition) is 0. The maximum atomic E-state index is 13.4. The summed E-state index contributed by atoms with van der Waals surface area (Å²) in [5.74, 6) is 0.0595. The Bertz CT molecular complexity index is 513. The van der Waals surface area contributed by atoms with Crippen LogP contribution in [0.15, 0.2) is 16.6 Å². The number of amides is 1. The molecule has 1 aliphatic heterocycles. The minimum atomic E-state index is -0.555. The first-order valence-electron chi connectivity index (χ1n) is 5.85. The van der Waals surface area contributed by atoms with Gasteiger partial charge in [0.2, 0.25) is 0 Å². The van der Waals surface area contributed by atoms with Crippen LogP contribution in [-0.4, -0.2) is 23.3 Å². The number of carbonyl (C=O) groups excluding carboxylic acids is 1. The molecule has 0 spiro atoms. The van der Waals surface area contributed by atoms with Crippen LogP contribution < -0.4 is 4.74 Å². The van der Waals surface area contributed by atoms with E-state index >= 15 is 0 Å². The predicted octanol–water partition coefficient (Wildman–Crippen LogP) is 3.68. The Kier molecular flexibility index (Phi) is 3.71. The highest BCUT2D eigenvalue weighted by Gasteiger charge is 2.28. The lowest BCUT2D eigenvalue weighted by molar-refractivity contribution is 0.00215. The number of benzene rings is 1. The minimum Gasteiger partial charge on any atom is -0.471 e. The van der Waals surface area contributed by atoms with E-state index in [0.29, 0.717) is 12.3 Å². The van der Waals surface area contributed by atoms with Crippen molar-refractivity contribution >= 4 is 22.0 Å². The average Bonchev–Trinajstić information content (AvgIpc) is 2.31. The fourth-order valence-corrected chi connectivity index (χ4v) is 2.19. The third kappa shape index (κ3) is 3.18. The van der Waals surface area contributed by atoms with Crippen molar-refractivity contribution in [3.63, 3.8) is 0 Å². The van der Waals surface area contributed by atoms with Gasteiger partial charge in [0.15, 0.2) is 6.73 Å². The molecule has 4 nitrogen and oxygen atoms in total. The molecule has 19 heavy (non-hydrogen) atoms. The van der Waals surface area contributed by atoms with Crippen molar-refractivity contribution in [1.82, 2.24) is 4.90 Å². The minimum absolute atomic E-state index is 0.0456. The molecule has 0 radical (unpaired) electrons.